The molecule has 1 heterocycles. The quantitative estimate of drug-likeness (QED) is 0.776. The molecule has 0 saturated heterocycles. The van der Waals surface area contributed by atoms with E-state index in [1.54, 1.807) is 7.11 Å². The first-order valence-corrected chi connectivity index (χ1v) is 4.98. The second kappa shape index (κ2) is 6.55. The molecule has 0 unspecified atom stereocenters. The van der Waals surface area contributed by atoms with Gasteiger partial charge in [0.05, 0.1) is 30.6 Å². The highest BCUT2D eigenvalue weighted by Gasteiger charge is 2.07. The average molecular weight is 232 g/mol. The van der Waals surface area contributed by atoms with Crippen molar-refractivity contribution in [1.82, 2.24) is 9.97 Å². The molecule has 0 atom stereocenters. The number of ether oxygens (including phenoxy) is 1. The highest BCUT2D eigenvalue weighted by molar-refractivity contribution is 6.30. The van der Waals surface area contributed by atoms with Crippen LogP contribution in [0.25, 0.3) is 0 Å². The van der Waals surface area contributed by atoms with E-state index in [1.165, 1.54) is 12.4 Å². The van der Waals surface area contributed by atoms with Crippen LogP contribution < -0.4 is 4.90 Å². The van der Waals surface area contributed by atoms with E-state index in [2.05, 4.69) is 9.97 Å². The minimum Gasteiger partial charge on any atom is -0.395 e. The first-order valence-electron chi connectivity index (χ1n) is 4.60. The molecule has 0 aliphatic rings. The van der Waals surface area contributed by atoms with E-state index in [-0.39, 0.29) is 6.61 Å². The smallest absolute Gasteiger partial charge is 0.225 e. The predicted octanol–water partition coefficient (Wildman–Crippen LogP) is 0.575. The van der Waals surface area contributed by atoms with Gasteiger partial charge in [-0.3, -0.25) is 0 Å². The van der Waals surface area contributed by atoms with Crippen LogP contribution in [0, 0.1) is 0 Å². The van der Waals surface area contributed by atoms with Crippen LogP contribution in [0.4, 0.5) is 5.95 Å². The summed E-state index contributed by atoms with van der Waals surface area (Å²) in [5.41, 5.74) is 0. The summed E-state index contributed by atoms with van der Waals surface area (Å²) < 4.78 is 4.96. The molecule has 5 nitrogen and oxygen atoms in total. The van der Waals surface area contributed by atoms with E-state index in [9.17, 15) is 0 Å². The summed E-state index contributed by atoms with van der Waals surface area (Å²) >= 11 is 5.68. The van der Waals surface area contributed by atoms with Gasteiger partial charge in [0, 0.05) is 20.2 Å². The first kappa shape index (κ1) is 12.2. The third kappa shape index (κ3) is 3.99. The SMILES string of the molecule is COCCN(CCO)c1ncc(Cl)cn1. The fraction of sp³-hybridized carbons (Fsp3) is 0.556. The molecule has 6 heteroatoms. The van der Waals surface area contributed by atoms with E-state index in [0.717, 1.165) is 0 Å². The van der Waals surface area contributed by atoms with Gasteiger partial charge in [-0.05, 0) is 0 Å². The van der Waals surface area contributed by atoms with Gasteiger partial charge in [-0.1, -0.05) is 11.6 Å². The van der Waals surface area contributed by atoms with E-state index in [4.69, 9.17) is 21.4 Å². The molecule has 15 heavy (non-hydrogen) atoms. The number of rotatable bonds is 6. The van der Waals surface area contributed by atoms with Crippen LogP contribution in [-0.4, -0.2) is 48.5 Å². The third-order valence-corrected chi connectivity index (χ3v) is 2.02. The summed E-state index contributed by atoms with van der Waals surface area (Å²) in [6.07, 6.45) is 3.06. The lowest BCUT2D eigenvalue weighted by molar-refractivity contribution is 0.202. The Morgan fingerprint density at radius 1 is 1.40 bits per heavy atom. The average Bonchev–Trinajstić information content (AvgIpc) is 2.25. The molecule has 0 fully saturated rings. The molecule has 1 aromatic heterocycles. The number of anilines is 1. The lowest BCUT2D eigenvalue weighted by atomic mass is 10.5. The van der Waals surface area contributed by atoms with Crippen molar-refractivity contribution in [1.29, 1.82) is 0 Å². The van der Waals surface area contributed by atoms with Crippen LogP contribution >= 0.6 is 11.6 Å². The zero-order valence-corrected chi connectivity index (χ0v) is 9.31. The molecule has 84 valence electrons. The zero-order valence-electron chi connectivity index (χ0n) is 8.56. The fourth-order valence-electron chi connectivity index (χ4n) is 1.10. The molecule has 1 rings (SSSR count). The van der Waals surface area contributed by atoms with Crippen molar-refractivity contribution in [2.24, 2.45) is 0 Å². The van der Waals surface area contributed by atoms with Crippen molar-refractivity contribution >= 4 is 17.5 Å². The van der Waals surface area contributed by atoms with Crippen LogP contribution in [-0.2, 0) is 4.74 Å². The normalized spacial score (nSPS) is 10.3. The first-order chi connectivity index (χ1) is 7.27. The monoisotopic (exact) mass is 231 g/mol. The summed E-state index contributed by atoms with van der Waals surface area (Å²) in [5.74, 6) is 0.547. The number of hydrogen-bond donors (Lipinski definition) is 1. The number of nitrogens with zero attached hydrogens (tertiary/aromatic N) is 3. The van der Waals surface area contributed by atoms with Gasteiger partial charge in [0.25, 0.3) is 0 Å². The summed E-state index contributed by atoms with van der Waals surface area (Å²) in [6.45, 7) is 1.73. The van der Waals surface area contributed by atoms with Gasteiger partial charge in [0.2, 0.25) is 5.95 Å². The fourth-order valence-corrected chi connectivity index (χ4v) is 1.20. The molecule has 0 radical (unpaired) electrons. The second-order valence-electron chi connectivity index (χ2n) is 2.90. The molecule has 0 saturated carbocycles. The maximum atomic E-state index is 8.89. The van der Waals surface area contributed by atoms with Crippen molar-refractivity contribution in [3.63, 3.8) is 0 Å². The van der Waals surface area contributed by atoms with Gasteiger partial charge in [-0.25, -0.2) is 9.97 Å². The largest absolute Gasteiger partial charge is 0.395 e. The summed E-state index contributed by atoms with van der Waals surface area (Å²) in [4.78, 5) is 9.97. The Bertz CT molecular complexity index is 281. The minimum absolute atomic E-state index is 0.0513. The topological polar surface area (TPSA) is 58.5 Å². The molecule has 0 bridgehead atoms. The maximum absolute atomic E-state index is 8.89. The summed E-state index contributed by atoms with van der Waals surface area (Å²) in [6, 6.07) is 0. The standard InChI is InChI=1S/C9H14ClN3O2/c1-15-5-3-13(2-4-14)9-11-6-8(10)7-12-9/h6-7,14H,2-5H2,1H3. The van der Waals surface area contributed by atoms with Crippen molar-refractivity contribution < 1.29 is 9.84 Å². The van der Waals surface area contributed by atoms with Crippen LogP contribution in [0.15, 0.2) is 12.4 Å². The van der Waals surface area contributed by atoms with Crippen LogP contribution in [0.3, 0.4) is 0 Å². The van der Waals surface area contributed by atoms with E-state index in [0.29, 0.717) is 30.7 Å². The number of aliphatic hydroxyl groups is 1. The van der Waals surface area contributed by atoms with E-state index < -0.39 is 0 Å². The summed E-state index contributed by atoms with van der Waals surface area (Å²) in [7, 11) is 1.62. The Hall–Kier alpha value is -0.910. The summed E-state index contributed by atoms with van der Waals surface area (Å²) in [5, 5.41) is 9.38. The van der Waals surface area contributed by atoms with Crippen molar-refractivity contribution in [3.8, 4) is 0 Å². The number of hydrogen-bond acceptors (Lipinski definition) is 5. The zero-order chi connectivity index (χ0) is 11.1. The van der Waals surface area contributed by atoms with Gasteiger partial charge in [-0.2, -0.15) is 0 Å². The van der Waals surface area contributed by atoms with Crippen molar-refractivity contribution in [3.05, 3.63) is 17.4 Å². The van der Waals surface area contributed by atoms with Gasteiger partial charge < -0.3 is 14.7 Å². The molecule has 1 N–H and O–H groups in total. The molecule has 0 aliphatic carbocycles. The molecule has 0 spiro atoms. The number of aliphatic hydroxyl groups excluding tert-OH is 1. The van der Waals surface area contributed by atoms with Gasteiger partial charge in [-0.15, -0.1) is 0 Å². The van der Waals surface area contributed by atoms with Crippen molar-refractivity contribution in [2.45, 2.75) is 0 Å². The van der Waals surface area contributed by atoms with Crippen LogP contribution in [0.2, 0.25) is 5.02 Å². The number of halogens is 1. The molecular weight excluding hydrogens is 218 g/mol. The highest BCUT2D eigenvalue weighted by Crippen LogP contribution is 2.09. The maximum Gasteiger partial charge on any atom is 0.225 e. The Morgan fingerprint density at radius 3 is 2.60 bits per heavy atom. The Kier molecular flexibility index (Phi) is 5.31. The minimum atomic E-state index is 0.0513. The second-order valence-corrected chi connectivity index (χ2v) is 3.34. The highest BCUT2D eigenvalue weighted by atomic mass is 35.5. The Labute approximate surface area is 93.7 Å². The molecule has 0 amide bonds. The lowest BCUT2D eigenvalue weighted by Gasteiger charge is -2.20. The Morgan fingerprint density at radius 2 is 2.07 bits per heavy atom. The number of methoxy groups -OCH3 is 1. The van der Waals surface area contributed by atoms with Gasteiger partial charge >= 0.3 is 0 Å². The van der Waals surface area contributed by atoms with E-state index >= 15 is 0 Å². The van der Waals surface area contributed by atoms with Crippen molar-refractivity contribution in [2.75, 3.05) is 38.3 Å². The van der Waals surface area contributed by atoms with Gasteiger partial charge in [0.1, 0.15) is 0 Å². The van der Waals surface area contributed by atoms with Crippen LogP contribution in [0.1, 0.15) is 0 Å². The molecule has 0 aliphatic heterocycles. The van der Waals surface area contributed by atoms with Crippen LogP contribution in [0.5, 0.6) is 0 Å². The predicted molar refractivity (Wildman–Crippen MR) is 58.2 cm³/mol. The molecular formula is C9H14ClN3O2. The third-order valence-electron chi connectivity index (χ3n) is 1.82. The molecule has 0 aromatic carbocycles. The number of aromatic nitrogens is 2. The van der Waals surface area contributed by atoms with E-state index in [1.807, 2.05) is 4.90 Å². The molecule has 1 aromatic rings. The Balaban J connectivity index is 2.65. The lowest BCUT2D eigenvalue weighted by Crippen LogP contribution is -2.31. The van der Waals surface area contributed by atoms with Gasteiger partial charge in [0.15, 0.2) is 0 Å².